The molecule has 0 aromatic carbocycles. The van der Waals surface area contributed by atoms with Crippen LogP contribution in [0.15, 0.2) is 22.8 Å². The summed E-state index contributed by atoms with van der Waals surface area (Å²) in [6, 6.07) is 2.26. The normalized spacial score (nSPS) is 19.9. The van der Waals surface area contributed by atoms with Gasteiger partial charge < -0.3 is 19.2 Å². The topological polar surface area (TPSA) is 97.1 Å². The Balaban J connectivity index is 2.12. The second kappa shape index (κ2) is 5.77. The van der Waals surface area contributed by atoms with Crippen LogP contribution in [-0.4, -0.2) is 47.5 Å². The largest absolute Gasteiger partial charge is 0.480 e. The first-order valence-corrected chi connectivity index (χ1v) is 6.15. The molecule has 108 valence electrons. The molecule has 2 atom stereocenters. The van der Waals surface area contributed by atoms with Crippen LogP contribution in [0.3, 0.4) is 0 Å². The van der Waals surface area contributed by atoms with Crippen molar-refractivity contribution in [2.45, 2.75) is 18.9 Å². The molecular formula is C13H15NO6. The maximum absolute atomic E-state index is 11.9. The summed E-state index contributed by atoms with van der Waals surface area (Å²) in [5.74, 6) is -2.11. The van der Waals surface area contributed by atoms with E-state index in [0.717, 1.165) is 0 Å². The Bertz CT molecular complexity index is 509. The zero-order valence-electron chi connectivity index (χ0n) is 10.9. The first-order chi connectivity index (χ1) is 9.52. The van der Waals surface area contributed by atoms with Crippen molar-refractivity contribution in [1.29, 1.82) is 0 Å². The number of furan rings is 1. The molecule has 1 saturated heterocycles. The standard InChI is InChI=1S/C13H15NO6/c1-19-13(18)8-5-11(15)14(7-8)10(12(16)17)6-9-3-2-4-20-9/h2-4,8,10H,5-7H2,1H3,(H,16,17). The fourth-order valence-electron chi connectivity index (χ4n) is 2.31. The maximum Gasteiger partial charge on any atom is 0.326 e. The zero-order valence-corrected chi connectivity index (χ0v) is 10.9. The van der Waals surface area contributed by atoms with E-state index in [1.54, 1.807) is 12.1 Å². The van der Waals surface area contributed by atoms with Crippen LogP contribution < -0.4 is 0 Å². The lowest BCUT2D eigenvalue weighted by Gasteiger charge is -2.23. The van der Waals surface area contributed by atoms with Gasteiger partial charge in [-0.1, -0.05) is 0 Å². The second-order valence-corrected chi connectivity index (χ2v) is 4.61. The number of rotatable bonds is 5. The van der Waals surface area contributed by atoms with Crippen LogP contribution in [-0.2, 0) is 25.5 Å². The number of esters is 1. The molecule has 0 spiro atoms. The van der Waals surface area contributed by atoms with Crippen LogP contribution in [0.1, 0.15) is 12.2 Å². The number of aliphatic carboxylic acids is 1. The summed E-state index contributed by atoms with van der Waals surface area (Å²) in [6.45, 7) is 0.0587. The molecule has 2 unspecified atom stereocenters. The van der Waals surface area contributed by atoms with Crippen LogP contribution in [0, 0.1) is 5.92 Å². The highest BCUT2D eigenvalue weighted by molar-refractivity contribution is 5.90. The summed E-state index contributed by atoms with van der Waals surface area (Å²) in [4.78, 5) is 35.9. The number of amides is 1. The van der Waals surface area contributed by atoms with Crippen molar-refractivity contribution in [2.24, 2.45) is 5.92 Å². The van der Waals surface area contributed by atoms with E-state index in [0.29, 0.717) is 5.76 Å². The number of hydrogen-bond acceptors (Lipinski definition) is 5. The molecule has 1 fully saturated rings. The van der Waals surface area contributed by atoms with Gasteiger partial charge in [-0.3, -0.25) is 9.59 Å². The maximum atomic E-state index is 11.9. The van der Waals surface area contributed by atoms with Gasteiger partial charge in [0.2, 0.25) is 5.91 Å². The van der Waals surface area contributed by atoms with E-state index in [-0.39, 0.29) is 25.3 Å². The number of methoxy groups -OCH3 is 1. The Kier molecular flexibility index (Phi) is 4.07. The number of carbonyl (C=O) groups excluding carboxylic acids is 2. The molecule has 0 bridgehead atoms. The highest BCUT2D eigenvalue weighted by atomic mass is 16.5. The Morgan fingerprint density at radius 1 is 1.60 bits per heavy atom. The second-order valence-electron chi connectivity index (χ2n) is 4.61. The van der Waals surface area contributed by atoms with Crippen LogP contribution in [0.25, 0.3) is 0 Å². The molecule has 0 saturated carbocycles. The summed E-state index contributed by atoms with van der Waals surface area (Å²) >= 11 is 0. The summed E-state index contributed by atoms with van der Waals surface area (Å²) in [5, 5.41) is 9.28. The summed E-state index contributed by atoms with van der Waals surface area (Å²) in [5.41, 5.74) is 0. The molecule has 1 aromatic heterocycles. The van der Waals surface area contributed by atoms with Gasteiger partial charge in [-0.2, -0.15) is 0 Å². The van der Waals surface area contributed by atoms with Crippen molar-refractivity contribution in [1.82, 2.24) is 4.90 Å². The molecule has 1 aromatic rings. The molecule has 1 aliphatic heterocycles. The molecule has 20 heavy (non-hydrogen) atoms. The minimum Gasteiger partial charge on any atom is -0.480 e. The lowest BCUT2D eigenvalue weighted by atomic mass is 10.1. The number of ether oxygens (including phenoxy) is 1. The predicted octanol–water partition coefficient (Wildman–Crippen LogP) is 0.297. The van der Waals surface area contributed by atoms with Gasteiger partial charge in [-0.25, -0.2) is 4.79 Å². The van der Waals surface area contributed by atoms with Crippen molar-refractivity contribution in [3.8, 4) is 0 Å². The third kappa shape index (κ3) is 2.81. The highest BCUT2D eigenvalue weighted by Gasteiger charge is 2.41. The smallest absolute Gasteiger partial charge is 0.326 e. The predicted molar refractivity (Wildman–Crippen MR) is 65.7 cm³/mol. The molecule has 2 rings (SSSR count). The number of carboxylic acids is 1. The van der Waals surface area contributed by atoms with Gasteiger partial charge in [0.15, 0.2) is 0 Å². The van der Waals surface area contributed by atoms with Crippen molar-refractivity contribution < 1.29 is 28.6 Å². The average Bonchev–Trinajstić information content (AvgIpc) is 3.04. The molecule has 7 heteroatoms. The fraction of sp³-hybridized carbons (Fsp3) is 0.462. The first kappa shape index (κ1) is 14.1. The number of carbonyl (C=O) groups is 3. The van der Waals surface area contributed by atoms with Gasteiger partial charge in [0, 0.05) is 19.4 Å². The lowest BCUT2D eigenvalue weighted by molar-refractivity contribution is -0.148. The van der Waals surface area contributed by atoms with Crippen molar-refractivity contribution in [2.75, 3.05) is 13.7 Å². The summed E-state index contributed by atoms with van der Waals surface area (Å²) < 4.78 is 9.70. The van der Waals surface area contributed by atoms with E-state index in [9.17, 15) is 19.5 Å². The minimum atomic E-state index is -1.12. The number of hydrogen-bond donors (Lipinski definition) is 1. The Morgan fingerprint density at radius 3 is 2.90 bits per heavy atom. The van der Waals surface area contributed by atoms with E-state index in [1.165, 1.54) is 18.3 Å². The third-order valence-corrected chi connectivity index (χ3v) is 3.33. The SMILES string of the molecule is COC(=O)C1CC(=O)N(C(Cc2ccco2)C(=O)O)C1. The Labute approximate surface area is 115 Å². The monoisotopic (exact) mass is 281 g/mol. The zero-order chi connectivity index (χ0) is 14.7. The number of nitrogens with zero attached hydrogens (tertiary/aromatic N) is 1. The van der Waals surface area contributed by atoms with Crippen molar-refractivity contribution >= 4 is 17.8 Å². The van der Waals surface area contributed by atoms with Crippen LogP contribution >= 0.6 is 0 Å². The Hall–Kier alpha value is -2.31. The van der Waals surface area contributed by atoms with E-state index in [2.05, 4.69) is 4.74 Å². The molecule has 1 aliphatic rings. The highest BCUT2D eigenvalue weighted by Crippen LogP contribution is 2.23. The van der Waals surface area contributed by atoms with Crippen molar-refractivity contribution in [3.05, 3.63) is 24.2 Å². The Morgan fingerprint density at radius 2 is 2.35 bits per heavy atom. The van der Waals surface area contributed by atoms with E-state index in [4.69, 9.17) is 4.42 Å². The quantitative estimate of drug-likeness (QED) is 0.779. The van der Waals surface area contributed by atoms with E-state index in [1.807, 2.05) is 0 Å². The number of carboxylic acid groups (broad SMARTS) is 1. The molecule has 1 amide bonds. The lowest BCUT2D eigenvalue weighted by Crippen LogP contribution is -2.44. The summed E-state index contributed by atoms with van der Waals surface area (Å²) in [6.07, 6.45) is 1.49. The fourth-order valence-corrected chi connectivity index (χ4v) is 2.31. The third-order valence-electron chi connectivity index (χ3n) is 3.33. The number of likely N-dealkylation sites (tertiary alicyclic amines) is 1. The molecule has 0 radical (unpaired) electrons. The van der Waals surface area contributed by atoms with Gasteiger partial charge in [-0.15, -0.1) is 0 Å². The van der Waals surface area contributed by atoms with Gasteiger partial charge in [0.05, 0.1) is 19.3 Å². The van der Waals surface area contributed by atoms with Crippen LogP contribution in [0.4, 0.5) is 0 Å². The van der Waals surface area contributed by atoms with Gasteiger partial charge in [-0.05, 0) is 12.1 Å². The van der Waals surface area contributed by atoms with Gasteiger partial charge >= 0.3 is 11.9 Å². The first-order valence-electron chi connectivity index (χ1n) is 6.15. The van der Waals surface area contributed by atoms with Gasteiger partial charge in [0.1, 0.15) is 11.8 Å². The molecule has 2 heterocycles. The van der Waals surface area contributed by atoms with Crippen molar-refractivity contribution in [3.63, 3.8) is 0 Å². The van der Waals surface area contributed by atoms with Gasteiger partial charge in [0.25, 0.3) is 0 Å². The molecular weight excluding hydrogens is 266 g/mol. The van der Waals surface area contributed by atoms with E-state index < -0.39 is 23.9 Å². The average molecular weight is 281 g/mol. The van der Waals surface area contributed by atoms with Crippen LogP contribution in [0.2, 0.25) is 0 Å². The molecule has 7 nitrogen and oxygen atoms in total. The molecule has 1 N–H and O–H groups in total. The summed E-state index contributed by atoms with van der Waals surface area (Å²) in [7, 11) is 1.24. The van der Waals surface area contributed by atoms with Crippen LogP contribution in [0.5, 0.6) is 0 Å². The molecule has 0 aliphatic carbocycles. The van der Waals surface area contributed by atoms with E-state index >= 15 is 0 Å². The minimum absolute atomic E-state index is 0.0192.